The van der Waals surface area contributed by atoms with Crippen molar-refractivity contribution in [2.75, 3.05) is 13.1 Å². The van der Waals surface area contributed by atoms with Crippen LogP contribution in [0.15, 0.2) is 18.2 Å². The molecule has 2 fully saturated rings. The van der Waals surface area contributed by atoms with Crippen LogP contribution in [-0.4, -0.2) is 29.9 Å². The fraction of sp³-hybridized carbons (Fsp3) is 0.588. The van der Waals surface area contributed by atoms with Gasteiger partial charge in [0.05, 0.1) is 0 Å². The number of nitrogens with two attached hydrogens (primary N) is 1. The first-order valence-electron chi connectivity index (χ1n) is 7.96. The van der Waals surface area contributed by atoms with Crippen LogP contribution in [0.1, 0.15) is 37.7 Å². The van der Waals surface area contributed by atoms with Gasteiger partial charge in [-0.1, -0.05) is 23.2 Å². The molecule has 1 heterocycles. The van der Waals surface area contributed by atoms with E-state index in [9.17, 15) is 4.79 Å². The van der Waals surface area contributed by atoms with Gasteiger partial charge in [0.1, 0.15) is 0 Å². The minimum atomic E-state index is 0. The highest BCUT2D eigenvalue weighted by molar-refractivity contribution is 6.34. The number of halogens is 3. The molecule has 0 aromatic heterocycles. The third kappa shape index (κ3) is 4.33. The number of carbonyl (C=O) groups is 1. The second-order valence-corrected chi connectivity index (χ2v) is 7.57. The zero-order valence-electron chi connectivity index (χ0n) is 13.2. The molecule has 0 spiro atoms. The van der Waals surface area contributed by atoms with Crippen LogP contribution in [0.2, 0.25) is 10.0 Å². The van der Waals surface area contributed by atoms with Gasteiger partial charge < -0.3 is 10.6 Å². The Hall–Kier alpha value is -0.480. The summed E-state index contributed by atoms with van der Waals surface area (Å²) in [6.07, 6.45) is 3.08. The van der Waals surface area contributed by atoms with E-state index in [1.54, 1.807) is 6.07 Å². The molecule has 3 nitrogen and oxygen atoms in total. The third-order valence-corrected chi connectivity index (χ3v) is 5.37. The highest BCUT2D eigenvalue weighted by Crippen LogP contribution is 2.49. The number of benzene rings is 1. The second kappa shape index (κ2) is 7.60. The lowest BCUT2D eigenvalue weighted by Crippen LogP contribution is -2.45. The zero-order valence-corrected chi connectivity index (χ0v) is 15.5. The van der Waals surface area contributed by atoms with Crippen LogP contribution in [0.4, 0.5) is 0 Å². The van der Waals surface area contributed by atoms with E-state index in [4.69, 9.17) is 28.9 Å². The van der Waals surface area contributed by atoms with Crippen LogP contribution in [0.3, 0.4) is 0 Å². The van der Waals surface area contributed by atoms with Gasteiger partial charge in [-0.2, -0.15) is 0 Å². The molecule has 1 aliphatic carbocycles. The van der Waals surface area contributed by atoms with Crippen molar-refractivity contribution in [2.24, 2.45) is 17.6 Å². The van der Waals surface area contributed by atoms with E-state index >= 15 is 0 Å². The van der Waals surface area contributed by atoms with Crippen LogP contribution in [0, 0.1) is 11.8 Å². The van der Waals surface area contributed by atoms with Gasteiger partial charge >= 0.3 is 0 Å². The predicted molar refractivity (Wildman–Crippen MR) is 97.5 cm³/mol. The average Bonchev–Trinajstić information content (AvgIpc) is 3.26. The fourth-order valence-corrected chi connectivity index (χ4v) is 4.04. The summed E-state index contributed by atoms with van der Waals surface area (Å²) in [6.45, 7) is 3.70. The molecule has 0 radical (unpaired) electrons. The molecule has 4 unspecified atom stereocenters. The first kappa shape index (κ1) is 18.9. The Morgan fingerprint density at radius 2 is 1.96 bits per heavy atom. The number of carbonyl (C=O) groups excluding carboxylic acids is 1. The van der Waals surface area contributed by atoms with Crippen LogP contribution in [-0.2, 0) is 4.79 Å². The summed E-state index contributed by atoms with van der Waals surface area (Å²) in [5.74, 6) is 1.04. The predicted octanol–water partition coefficient (Wildman–Crippen LogP) is 4.10. The van der Waals surface area contributed by atoms with Crippen molar-refractivity contribution in [3.8, 4) is 0 Å². The van der Waals surface area contributed by atoms with Gasteiger partial charge in [-0.25, -0.2) is 0 Å². The largest absolute Gasteiger partial charge is 0.342 e. The van der Waals surface area contributed by atoms with Crippen molar-refractivity contribution in [2.45, 2.75) is 38.1 Å². The normalized spacial score (nSPS) is 28.0. The van der Waals surface area contributed by atoms with Crippen molar-refractivity contribution >= 4 is 41.5 Å². The van der Waals surface area contributed by atoms with Crippen molar-refractivity contribution in [3.63, 3.8) is 0 Å². The Labute approximate surface area is 153 Å². The summed E-state index contributed by atoms with van der Waals surface area (Å²) >= 11 is 12.1. The summed E-state index contributed by atoms with van der Waals surface area (Å²) in [5.41, 5.74) is 7.09. The van der Waals surface area contributed by atoms with Gasteiger partial charge in [-0.3, -0.25) is 4.79 Å². The Kier molecular flexibility index (Phi) is 6.23. The van der Waals surface area contributed by atoms with Gasteiger partial charge in [0.15, 0.2) is 0 Å². The Balaban J connectivity index is 0.00000192. The fourth-order valence-electron chi connectivity index (χ4n) is 3.50. The molecule has 3 rings (SSSR count). The second-order valence-electron chi connectivity index (χ2n) is 6.70. The molecule has 1 amide bonds. The van der Waals surface area contributed by atoms with E-state index in [0.717, 1.165) is 37.9 Å². The maximum Gasteiger partial charge on any atom is 0.226 e. The number of nitrogens with zero attached hydrogens (tertiary/aromatic N) is 1. The molecule has 1 saturated carbocycles. The molecule has 23 heavy (non-hydrogen) atoms. The number of hydrogen-bond donors (Lipinski definition) is 1. The van der Waals surface area contributed by atoms with Gasteiger partial charge in [-0.15, -0.1) is 12.4 Å². The van der Waals surface area contributed by atoms with E-state index < -0.39 is 0 Å². The average molecular weight is 378 g/mol. The molecule has 1 aromatic rings. The zero-order chi connectivity index (χ0) is 15.9. The minimum Gasteiger partial charge on any atom is -0.342 e. The third-order valence-electron chi connectivity index (χ3n) is 4.93. The molecular weight excluding hydrogens is 355 g/mol. The number of rotatable bonds is 3. The molecule has 1 saturated heterocycles. The molecule has 2 aliphatic rings. The van der Waals surface area contributed by atoms with E-state index in [1.807, 2.05) is 24.0 Å². The van der Waals surface area contributed by atoms with Gasteiger partial charge in [-0.05, 0) is 61.8 Å². The monoisotopic (exact) mass is 376 g/mol. The molecule has 4 atom stereocenters. The standard InChI is InChI=1S/C17H22Cl2N2O.ClH/c1-10(20)11-3-2-4-21(9-11)17(22)16-8-15(16)12-5-13(18)7-14(19)6-12;/h5-7,10-11,15-16H,2-4,8-9,20H2,1H3;1H. The molecule has 1 aliphatic heterocycles. The quantitative estimate of drug-likeness (QED) is 0.862. The summed E-state index contributed by atoms with van der Waals surface area (Å²) in [6, 6.07) is 5.72. The molecule has 6 heteroatoms. The molecule has 2 N–H and O–H groups in total. The number of amides is 1. The topological polar surface area (TPSA) is 46.3 Å². The van der Waals surface area contributed by atoms with Crippen LogP contribution < -0.4 is 5.73 Å². The van der Waals surface area contributed by atoms with E-state index in [2.05, 4.69) is 0 Å². The van der Waals surface area contributed by atoms with Gasteiger partial charge in [0, 0.05) is 35.1 Å². The van der Waals surface area contributed by atoms with E-state index in [-0.39, 0.29) is 36.2 Å². The Bertz CT molecular complexity index is 559. The summed E-state index contributed by atoms with van der Waals surface area (Å²) < 4.78 is 0. The maximum atomic E-state index is 12.7. The van der Waals surface area contributed by atoms with Gasteiger partial charge in [0.25, 0.3) is 0 Å². The van der Waals surface area contributed by atoms with Gasteiger partial charge in [0.2, 0.25) is 5.91 Å². The van der Waals surface area contributed by atoms with E-state index in [0.29, 0.717) is 16.0 Å². The van der Waals surface area contributed by atoms with Crippen LogP contribution >= 0.6 is 35.6 Å². The van der Waals surface area contributed by atoms with Crippen molar-refractivity contribution < 1.29 is 4.79 Å². The molecule has 128 valence electrons. The smallest absolute Gasteiger partial charge is 0.226 e. The SMILES string of the molecule is CC(N)C1CCCN(C(=O)C2CC2c2cc(Cl)cc(Cl)c2)C1.Cl. The first-order valence-corrected chi connectivity index (χ1v) is 8.71. The van der Waals surface area contributed by atoms with Crippen LogP contribution in [0.25, 0.3) is 0 Å². The number of hydrogen-bond acceptors (Lipinski definition) is 2. The lowest BCUT2D eigenvalue weighted by Gasteiger charge is -2.34. The lowest BCUT2D eigenvalue weighted by atomic mass is 9.92. The van der Waals surface area contributed by atoms with Crippen LogP contribution in [0.5, 0.6) is 0 Å². The summed E-state index contributed by atoms with van der Waals surface area (Å²) in [7, 11) is 0. The molecular formula is C17H23Cl3N2O. The Morgan fingerprint density at radius 3 is 2.57 bits per heavy atom. The van der Waals surface area contributed by atoms with Crippen molar-refractivity contribution in [1.82, 2.24) is 4.90 Å². The first-order chi connectivity index (χ1) is 10.5. The summed E-state index contributed by atoms with van der Waals surface area (Å²) in [4.78, 5) is 14.7. The highest BCUT2D eigenvalue weighted by atomic mass is 35.5. The highest BCUT2D eigenvalue weighted by Gasteiger charge is 2.46. The van der Waals surface area contributed by atoms with Crippen molar-refractivity contribution in [3.05, 3.63) is 33.8 Å². The maximum absolute atomic E-state index is 12.7. The molecule has 1 aromatic carbocycles. The van der Waals surface area contributed by atoms with E-state index in [1.165, 1.54) is 0 Å². The Morgan fingerprint density at radius 1 is 1.30 bits per heavy atom. The summed E-state index contributed by atoms with van der Waals surface area (Å²) in [5, 5.41) is 1.27. The number of piperidine rings is 1. The minimum absolute atomic E-state index is 0. The van der Waals surface area contributed by atoms with Crippen molar-refractivity contribution in [1.29, 1.82) is 0 Å². The molecule has 0 bridgehead atoms. The number of likely N-dealkylation sites (tertiary alicyclic amines) is 1. The lowest BCUT2D eigenvalue weighted by molar-refractivity contribution is -0.134.